The van der Waals surface area contributed by atoms with E-state index in [4.69, 9.17) is 4.98 Å². The van der Waals surface area contributed by atoms with E-state index in [0.29, 0.717) is 6.04 Å². The number of hydrogen-bond acceptors (Lipinski definition) is 6. The van der Waals surface area contributed by atoms with E-state index in [9.17, 15) is 0 Å². The number of fused-ring (bicyclic) bond motifs is 2. The maximum Gasteiger partial charge on any atom is 0.0976 e. The summed E-state index contributed by atoms with van der Waals surface area (Å²) in [6, 6.07) is 11.2. The average molecular weight is 393 g/mol. The number of nitrogens with zero attached hydrogens (tertiary/aromatic N) is 4. The molecule has 0 aliphatic carbocycles. The van der Waals surface area contributed by atoms with Crippen LogP contribution in [0.15, 0.2) is 48.2 Å². The Morgan fingerprint density at radius 3 is 3.11 bits per heavy atom. The van der Waals surface area contributed by atoms with Gasteiger partial charge in [-0.1, -0.05) is 12.1 Å². The molecule has 1 unspecified atom stereocenters. The fourth-order valence-electron chi connectivity index (χ4n) is 3.70. The molecule has 0 saturated carbocycles. The third kappa shape index (κ3) is 3.40. The Kier molecular flexibility index (Phi) is 4.47. The number of aromatic nitrogens is 3. The molecule has 0 amide bonds. The Balaban J connectivity index is 1.34. The van der Waals surface area contributed by atoms with E-state index in [1.165, 1.54) is 31.4 Å². The van der Waals surface area contributed by atoms with E-state index >= 15 is 0 Å². The van der Waals surface area contributed by atoms with Crippen LogP contribution in [0.1, 0.15) is 39.7 Å². The van der Waals surface area contributed by atoms with Crippen LogP contribution in [0.25, 0.3) is 10.2 Å². The van der Waals surface area contributed by atoms with Crippen molar-refractivity contribution in [1.82, 2.24) is 19.9 Å². The average Bonchev–Trinajstić information content (AvgIpc) is 3.33. The first kappa shape index (κ1) is 17.0. The zero-order valence-corrected chi connectivity index (χ0v) is 16.8. The molecule has 136 valence electrons. The lowest BCUT2D eigenvalue weighted by Crippen LogP contribution is -2.32. The highest BCUT2D eigenvalue weighted by atomic mass is 32.1. The molecular weight excluding hydrogens is 372 g/mol. The summed E-state index contributed by atoms with van der Waals surface area (Å²) in [5.41, 5.74) is 6.85. The molecule has 1 aromatic carbocycles. The maximum atomic E-state index is 4.95. The molecule has 5 rings (SSSR count). The highest BCUT2D eigenvalue weighted by Gasteiger charge is 2.25. The van der Waals surface area contributed by atoms with Crippen LogP contribution in [0.2, 0.25) is 0 Å². The van der Waals surface area contributed by atoms with Crippen molar-refractivity contribution in [2.24, 2.45) is 0 Å². The van der Waals surface area contributed by atoms with E-state index in [1.54, 1.807) is 11.3 Å². The first-order valence-corrected chi connectivity index (χ1v) is 10.9. The summed E-state index contributed by atoms with van der Waals surface area (Å²) in [7, 11) is 0. The summed E-state index contributed by atoms with van der Waals surface area (Å²) in [4.78, 5) is 17.6. The van der Waals surface area contributed by atoms with Gasteiger partial charge in [0.15, 0.2) is 0 Å². The van der Waals surface area contributed by atoms with Gasteiger partial charge in [-0.05, 0) is 42.7 Å². The van der Waals surface area contributed by atoms with Gasteiger partial charge >= 0.3 is 0 Å². The van der Waals surface area contributed by atoms with Crippen LogP contribution in [-0.2, 0) is 19.4 Å². The zero-order chi connectivity index (χ0) is 18.2. The lowest BCUT2D eigenvalue weighted by molar-refractivity contribution is 0.191. The van der Waals surface area contributed by atoms with Crippen molar-refractivity contribution in [3.63, 3.8) is 0 Å². The number of benzene rings is 1. The molecule has 0 fully saturated rings. The lowest BCUT2D eigenvalue weighted by Gasteiger charge is -2.32. The fraction of sp³-hybridized carbons (Fsp3) is 0.286. The number of rotatable bonds is 4. The molecule has 27 heavy (non-hydrogen) atoms. The molecule has 0 spiro atoms. The van der Waals surface area contributed by atoms with Gasteiger partial charge in [-0.25, -0.2) is 9.97 Å². The van der Waals surface area contributed by atoms with E-state index in [2.05, 4.69) is 46.1 Å². The molecule has 0 N–H and O–H groups in total. The highest BCUT2D eigenvalue weighted by molar-refractivity contribution is 7.16. The Morgan fingerprint density at radius 2 is 2.22 bits per heavy atom. The highest BCUT2D eigenvalue weighted by Crippen LogP contribution is 2.32. The molecule has 1 aliphatic rings. The zero-order valence-electron chi connectivity index (χ0n) is 15.1. The molecule has 0 saturated heterocycles. The first-order chi connectivity index (χ1) is 13.3. The maximum absolute atomic E-state index is 4.95. The minimum absolute atomic E-state index is 0.368. The molecular formula is C21H20N4S2. The largest absolute Gasteiger partial charge is 0.290 e. The van der Waals surface area contributed by atoms with Crippen molar-refractivity contribution in [3.8, 4) is 0 Å². The molecule has 6 heteroatoms. The van der Waals surface area contributed by atoms with Gasteiger partial charge in [0.05, 0.1) is 26.4 Å². The summed E-state index contributed by atoms with van der Waals surface area (Å²) in [6.07, 6.45) is 5.72. The second kappa shape index (κ2) is 7.11. The molecule has 1 atom stereocenters. The third-order valence-corrected chi connectivity index (χ3v) is 7.23. The van der Waals surface area contributed by atoms with Crippen molar-refractivity contribution in [2.75, 3.05) is 6.54 Å². The van der Waals surface area contributed by atoms with Gasteiger partial charge in [-0.3, -0.25) is 9.88 Å². The summed E-state index contributed by atoms with van der Waals surface area (Å²) in [6.45, 7) is 4.30. The predicted octanol–water partition coefficient (Wildman–Crippen LogP) is 4.86. The molecule has 1 aliphatic heterocycles. The van der Waals surface area contributed by atoms with E-state index in [1.807, 2.05) is 35.3 Å². The summed E-state index contributed by atoms with van der Waals surface area (Å²) in [5.74, 6) is 0. The van der Waals surface area contributed by atoms with Crippen molar-refractivity contribution in [2.45, 2.75) is 32.4 Å². The van der Waals surface area contributed by atoms with Crippen molar-refractivity contribution in [1.29, 1.82) is 0 Å². The Labute approximate surface area is 166 Å². The summed E-state index contributed by atoms with van der Waals surface area (Å²) in [5, 5.41) is 1.20. The standard InChI is InChI=1S/C21H20N4S2/c1-14(16-4-5-19-17(10-16)23-13-26-19)25-8-6-20-18(12-25)24-21(27-20)9-15-3-2-7-22-11-15/h2-5,7,10-11,13-14H,6,8-9,12H2,1H3. The first-order valence-electron chi connectivity index (χ1n) is 9.20. The molecule has 4 heterocycles. The molecule has 4 nitrogen and oxygen atoms in total. The second-order valence-electron chi connectivity index (χ2n) is 6.99. The Hall–Kier alpha value is -2.15. The topological polar surface area (TPSA) is 41.9 Å². The van der Waals surface area contributed by atoms with Crippen molar-refractivity contribution >= 4 is 32.9 Å². The third-order valence-electron chi connectivity index (χ3n) is 5.26. The Bertz CT molecular complexity index is 1070. The fourth-order valence-corrected chi connectivity index (χ4v) is 5.46. The van der Waals surface area contributed by atoms with Gasteiger partial charge in [0, 0.05) is 42.8 Å². The summed E-state index contributed by atoms with van der Waals surface area (Å²) >= 11 is 3.57. The van der Waals surface area contributed by atoms with Gasteiger partial charge in [0.1, 0.15) is 0 Å². The SMILES string of the molecule is CC(c1ccc2scnc2c1)N1CCc2sc(Cc3cccnc3)nc2C1. The second-order valence-corrected chi connectivity index (χ2v) is 9.05. The minimum Gasteiger partial charge on any atom is -0.290 e. The van der Waals surface area contributed by atoms with Crippen LogP contribution in [0, 0.1) is 0 Å². The molecule has 3 aromatic heterocycles. The van der Waals surface area contributed by atoms with Crippen LogP contribution in [0.4, 0.5) is 0 Å². The lowest BCUT2D eigenvalue weighted by atomic mass is 10.0. The van der Waals surface area contributed by atoms with Crippen LogP contribution in [0.3, 0.4) is 0 Å². The van der Waals surface area contributed by atoms with Gasteiger partial charge < -0.3 is 0 Å². The molecule has 4 aromatic rings. The number of pyridine rings is 1. The quantitative estimate of drug-likeness (QED) is 0.497. The smallest absolute Gasteiger partial charge is 0.0976 e. The van der Waals surface area contributed by atoms with Crippen LogP contribution in [-0.4, -0.2) is 26.4 Å². The van der Waals surface area contributed by atoms with Gasteiger partial charge in [0.25, 0.3) is 0 Å². The minimum atomic E-state index is 0.368. The molecule has 0 radical (unpaired) electrons. The Morgan fingerprint density at radius 1 is 1.26 bits per heavy atom. The van der Waals surface area contributed by atoms with E-state index < -0.39 is 0 Å². The van der Waals surface area contributed by atoms with E-state index in [-0.39, 0.29) is 0 Å². The van der Waals surface area contributed by atoms with Crippen molar-refractivity contribution < 1.29 is 0 Å². The summed E-state index contributed by atoms with van der Waals surface area (Å²) < 4.78 is 1.26. The van der Waals surface area contributed by atoms with Gasteiger partial charge in [0.2, 0.25) is 0 Å². The van der Waals surface area contributed by atoms with Gasteiger partial charge in [-0.15, -0.1) is 22.7 Å². The normalized spacial score (nSPS) is 15.7. The number of hydrogen-bond donors (Lipinski definition) is 0. The molecule has 0 bridgehead atoms. The number of thiazole rings is 2. The van der Waals surface area contributed by atoms with Crippen LogP contribution >= 0.6 is 22.7 Å². The van der Waals surface area contributed by atoms with Crippen molar-refractivity contribution in [3.05, 3.63) is 74.9 Å². The van der Waals surface area contributed by atoms with E-state index in [0.717, 1.165) is 31.4 Å². The predicted molar refractivity (Wildman–Crippen MR) is 111 cm³/mol. The van der Waals surface area contributed by atoms with Crippen LogP contribution < -0.4 is 0 Å². The van der Waals surface area contributed by atoms with Gasteiger partial charge in [-0.2, -0.15) is 0 Å². The van der Waals surface area contributed by atoms with Crippen LogP contribution in [0.5, 0.6) is 0 Å². The monoisotopic (exact) mass is 392 g/mol.